The van der Waals surface area contributed by atoms with Crippen LogP contribution < -0.4 is 10.6 Å². The predicted molar refractivity (Wildman–Crippen MR) is 72.2 cm³/mol. The molecule has 7 heteroatoms. The summed E-state index contributed by atoms with van der Waals surface area (Å²) < 4.78 is 10.0. The van der Waals surface area contributed by atoms with Crippen molar-refractivity contribution in [3.8, 4) is 0 Å². The number of ether oxygens (including phenoxy) is 2. The van der Waals surface area contributed by atoms with E-state index in [4.69, 9.17) is 4.74 Å². The van der Waals surface area contributed by atoms with Crippen molar-refractivity contribution >= 4 is 34.8 Å². The van der Waals surface area contributed by atoms with Gasteiger partial charge in [0.05, 0.1) is 0 Å². The molecule has 0 unspecified atom stereocenters. The summed E-state index contributed by atoms with van der Waals surface area (Å²) in [4.78, 5) is 22.1. The summed E-state index contributed by atoms with van der Waals surface area (Å²) in [6.45, 7) is 6.29. The van der Waals surface area contributed by atoms with Crippen molar-refractivity contribution in [2.75, 3.05) is 17.7 Å². The lowest BCUT2D eigenvalue weighted by atomic mass is 10.2. The van der Waals surface area contributed by atoms with E-state index in [1.165, 1.54) is 0 Å². The van der Waals surface area contributed by atoms with Crippen LogP contribution in [-0.2, 0) is 9.47 Å². The molecule has 0 rings (SSSR count). The number of halogens is 1. The zero-order chi connectivity index (χ0) is 13.3. The third-order valence-electron chi connectivity index (χ3n) is 1.48. The van der Waals surface area contributed by atoms with Crippen LogP contribution in [0.5, 0.6) is 0 Å². The maximum atomic E-state index is 11.2. The van der Waals surface area contributed by atoms with Gasteiger partial charge in [-0.1, -0.05) is 0 Å². The number of alkyl carbamates (subject to hydrolysis) is 2. The molecule has 0 saturated carbocycles. The highest BCUT2D eigenvalue weighted by Gasteiger charge is 2.15. The highest BCUT2D eigenvalue weighted by atomic mass is 127. The number of carbonyl (C=O) groups excluding carboxylic acids is 2. The van der Waals surface area contributed by atoms with E-state index in [9.17, 15) is 9.59 Å². The maximum Gasteiger partial charge on any atom is 0.407 e. The number of hydrogen-bond acceptors (Lipinski definition) is 4. The summed E-state index contributed by atoms with van der Waals surface area (Å²) in [5.41, 5.74) is -0.494. The van der Waals surface area contributed by atoms with Gasteiger partial charge in [-0.2, -0.15) is 0 Å². The van der Waals surface area contributed by atoms with Gasteiger partial charge < -0.3 is 20.1 Å². The van der Waals surface area contributed by atoms with Gasteiger partial charge in [0, 0.05) is 13.1 Å². The second-order valence-corrected chi connectivity index (χ2v) is 4.87. The Morgan fingerprint density at radius 1 is 1.12 bits per heavy atom. The predicted octanol–water partition coefficient (Wildman–Crippen LogP) is 2.02. The lowest BCUT2D eigenvalue weighted by molar-refractivity contribution is 0.0527. The van der Waals surface area contributed by atoms with E-state index in [0.717, 1.165) is 0 Å². The van der Waals surface area contributed by atoms with Gasteiger partial charge >= 0.3 is 12.2 Å². The quantitative estimate of drug-likeness (QED) is 0.448. The van der Waals surface area contributed by atoms with Gasteiger partial charge in [-0.05, 0) is 49.8 Å². The molecule has 0 atom stereocenters. The van der Waals surface area contributed by atoms with Crippen molar-refractivity contribution in [1.29, 1.82) is 0 Å². The highest BCUT2D eigenvalue weighted by Crippen LogP contribution is 2.06. The van der Waals surface area contributed by atoms with Gasteiger partial charge in [-0.3, -0.25) is 0 Å². The van der Waals surface area contributed by atoms with Crippen LogP contribution in [0.1, 0.15) is 27.2 Å². The Morgan fingerprint density at radius 3 is 2.12 bits per heavy atom. The minimum Gasteiger partial charge on any atom is -0.444 e. The van der Waals surface area contributed by atoms with Gasteiger partial charge in [0.1, 0.15) is 10.2 Å². The van der Waals surface area contributed by atoms with Gasteiger partial charge in [0.15, 0.2) is 0 Å². The fourth-order valence-electron chi connectivity index (χ4n) is 0.884. The minimum absolute atomic E-state index is 0.319. The third kappa shape index (κ3) is 11.5. The van der Waals surface area contributed by atoms with E-state index >= 15 is 0 Å². The fourth-order valence-corrected chi connectivity index (χ4v) is 1.17. The average Bonchev–Trinajstić information content (AvgIpc) is 2.14. The first-order valence-corrected chi connectivity index (χ1v) is 6.81. The van der Waals surface area contributed by atoms with Crippen molar-refractivity contribution in [3.05, 3.63) is 0 Å². The lowest BCUT2D eigenvalue weighted by Gasteiger charge is -2.19. The summed E-state index contributed by atoms with van der Waals surface area (Å²) in [6.07, 6.45) is -0.278. The summed E-state index contributed by atoms with van der Waals surface area (Å²) in [6, 6.07) is 0. The Hall–Kier alpha value is -0.730. The Balaban J connectivity index is 3.46. The van der Waals surface area contributed by atoms with E-state index in [1.807, 2.05) is 22.6 Å². The van der Waals surface area contributed by atoms with E-state index in [1.54, 1.807) is 20.8 Å². The normalized spacial score (nSPS) is 10.6. The Labute approximate surface area is 115 Å². The van der Waals surface area contributed by atoms with Crippen LogP contribution in [0.3, 0.4) is 0 Å². The monoisotopic (exact) mass is 358 g/mol. The second kappa shape index (κ2) is 8.37. The van der Waals surface area contributed by atoms with Crippen LogP contribution in [0.25, 0.3) is 0 Å². The van der Waals surface area contributed by atoms with E-state index in [-0.39, 0.29) is 0 Å². The molecule has 0 heterocycles. The van der Waals surface area contributed by atoms with Crippen LogP contribution >= 0.6 is 22.6 Å². The van der Waals surface area contributed by atoms with E-state index in [2.05, 4.69) is 15.4 Å². The van der Waals surface area contributed by atoms with E-state index < -0.39 is 17.8 Å². The molecular weight excluding hydrogens is 339 g/mol. The van der Waals surface area contributed by atoms with Crippen LogP contribution in [-0.4, -0.2) is 35.5 Å². The molecule has 0 aliphatic carbocycles. The number of hydrogen-bond donors (Lipinski definition) is 2. The average molecular weight is 358 g/mol. The highest BCUT2D eigenvalue weighted by molar-refractivity contribution is 14.1. The Bertz CT molecular complexity index is 253. The molecule has 0 spiro atoms. The lowest BCUT2D eigenvalue weighted by Crippen LogP contribution is -2.34. The molecule has 0 aliphatic rings. The molecule has 0 aromatic heterocycles. The zero-order valence-electron chi connectivity index (χ0n) is 10.3. The van der Waals surface area contributed by atoms with Crippen molar-refractivity contribution in [1.82, 2.24) is 10.6 Å². The van der Waals surface area contributed by atoms with Gasteiger partial charge in [0.2, 0.25) is 0 Å². The minimum atomic E-state index is -0.494. The summed E-state index contributed by atoms with van der Waals surface area (Å²) in [5, 5.41) is 5.14. The maximum absolute atomic E-state index is 11.2. The van der Waals surface area contributed by atoms with Gasteiger partial charge in [-0.15, -0.1) is 0 Å². The number of rotatable bonds is 5. The molecule has 0 aromatic rings. The smallest absolute Gasteiger partial charge is 0.407 e. The van der Waals surface area contributed by atoms with Crippen molar-refractivity contribution in [2.45, 2.75) is 32.8 Å². The van der Waals surface area contributed by atoms with Gasteiger partial charge in [0.25, 0.3) is 0 Å². The second-order valence-electron chi connectivity index (χ2n) is 4.25. The summed E-state index contributed by atoms with van der Waals surface area (Å²) in [7, 11) is 0. The molecule has 100 valence electrons. The molecule has 17 heavy (non-hydrogen) atoms. The summed E-state index contributed by atoms with van der Waals surface area (Å²) in [5.74, 6) is 0. The number of amides is 2. The summed E-state index contributed by atoms with van der Waals surface area (Å²) >= 11 is 1.94. The molecule has 2 N–H and O–H groups in total. The number of alkyl halides is 1. The molecule has 6 nitrogen and oxygen atoms in total. The number of nitrogens with one attached hydrogen (secondary N) is 2. The molecule has 0 bridgehead atoms. The van der Waals surface area contributed by atoms with Crippen molar-refractivity contribution < 1.29 is 19.1 Å². The Kier molecular flexibility index (Phi) is 8.01. The van der Waals surface area contributed by atoms with Crippen LogP contribution in [0.4, 0.5) is 9.59 Å². The molecule has 0 radical (unpaired) electrons. The van der Waals surface area contributed by atoms with Crippen molar-refractivity contribution in [3.63, 3.8) is 0 Å². The first-order chi connectivity index (χ1) is 7.85. The topological polar surface area (TPSA) is 76.7 Å². The zero-order valence-corrected chi connectivity index (χ0v) is 12.5. The van der Waals surface area contributed by atoms with Crippen LogP contribution in [0.2, 0.25) is 0 Å². The Morgan fingerprint density at radius 2 is 1.65 bits per heavy atom. The SMILES string of the molecule is CC(C)(C)OC(=O)NCCCNC(=O)OCI. The standard InChI is InChI=1S/C10H19IN2O4/c1-10(2,3)17-9(15)13-6-4-5-12-8(14)16-7-11/h4-7H2,1-3H3,(H,12,14)(H,13,15). The molecule has 0 saturated heterocycles. The van der Waals surface area contributed by atoms with Gasteiger partial charge in [-0.25, -0.2) is 9.59 Å². The van der Waals surface area contributed by atoms with Crippen LogP contribution in [0.15, 0.2) is 0 Å². The first kappa shape index (κ1) is 16.3. The van der Waals surface area contributed by atoms with Crippen LogP contribution in [0, 0.1) is 0 Å². The molecule has 2 amide bonds. The first-order valence-electron chi connectivity index (χ1n) is 5.28. The molecular formula is C10H19IN2O4. The fraction of sp³-hybridized carbons (Fsp3) is 0.800. The molecule has 0 aromatic carbocycles. The largest absolute Gasteiger partial charge is 0.444 e. The van der Waals surface area contributed by atoms with E-state index in [0.29, 0.717) is 24.1 Å². The molecule has 0 fully saturated rings. The molecule has 0 aliphatic heterocycles. The third-order valence-corrected chi connectivity index (χ3v) is 1.79. The van der Waals surface area contributed by atoms with Crippen molar-refractivity contribution in [2.24, 2.45) is 0 Å². The number of carbonyl (C=O) groups is 2.